The van der Waals surface area contributed by atoms with Gasteiger partial charge in [-0.25, -0.2) is 0 Å². The van der Waals surface area contributed by atoms with Crippen LogP contribution in [-0.2, 0) is 16.1 Å². The van der Waals surface area contributed by atoms with Crippen molar-refractivity contribution < 1.29 is 14.1 Å². The normalized spacial score (nSPS) is 15.5. The average Bonchev–Trinajstić information content (AvgIpc) is 3.03. The van der Waals surface area contributed by atoms with Gasteiger partial charge >= 0.3 is 0 Å². The highest BCUT2D eigenvalue weighted by Crippen LogP contribution is 2.14. The number of piperazine rings is 1. The smallest absolute Gasteiger partial charge is 0.238 e. The Labute approximate surface area is 158 Å². The van der Waals surface area contributed by atoms with Gasteiger partial charge in [0.25, 0.3) is 0 Å². The van der Waals surface area contributed by atoms with Crippen molar-refractivity contribution in [3.05, 3.63) is 41.8 Å². The molecule has 27 heavy (non-hydrogen) atoms. The van der Waals surface area contributed by atoms with Gasteiger partial charge in [0.1, 0.15) is 5.76 Å². The Balaban J connectivity index is 1.40. The Morgan fingerprint density at radius 2 is 1.63 bits per heavy atom. The molecule has 1 fully saturated rings. The molecule has 0 aliphatic carbocycles. The van der Waals surface area contributed by atoms with Gasteiger partial charge in [0.05, 0.1) is 12.2 Å². The van der Waals surface area contributed by atoms with Crippen molar-refractivity contribution in [2.24, 2.45) is 0 Å². The summed E-state index contributed by atoms with van der Waals surface area (Å²) in [6, 6.07) is 9.04. The van der Waals surface area contributed by atoms with Crippen LogP contribution in [0.25, 0.3) is 0 Å². The van der Waals surface area contributed by atoms with Crippen LogP contribution in [0.3, 0.4) is 0 Å². The lowest BCUT2D eigenvalue weighted by Crippen LogP contribution is -2.48. The third kappa shape index (κ3) is 5.90. The standard InChI is InChI=1S/C19H25N5O3/c1-14-11-18(22-27-14)12-23-7-9-24(10-8-23)13-19(26)21-17-5-3-16(4-6-17)20-15(2)25/h3-6,11H,7-10,12-13H2,1-2H3,(H,20,25)(H,21,26). The van der Waals surface area contributed by atoms with Gasteiger partial charge in [-0.1, -0.05) is 5.16 Å². The number of nitrogens with zero attached hydrogens (tertiary/aromatic N) is 3. The lowest BCUT2D eigenvalue weighted by atomic mass is 10.2. The van der Waals surface area contributed by atoms with E-state index in [1.54, 1.807) is 24.3 Å². The molecule has 2 aromatic rings. The van der Waals surface area contributed by atoms with E-state index in [1.807, 2.05) is 13.0 Å². The summed E-state index contributed by atoms with van der Waals surface area (Å²) in [4.78, 5) is 27.7. The Morgan fingerprint density at radius 3 is 2.19 bits per heavy atom. The van der Waals surface area contributed by atoms with E-state index < -0.39 is 0 Å². The zero-order valence-electron chi connectivity index (χ0n) is 15.7. The molecule has 1 aliphatic heterocycles. The number of rotatable bonds is 6. The summed E-state index contributed by atoms with van der Waals surface area (Å²) in [5.41, 5.74) is 2.37. The van der Waals surface area contributed by atoms with Crippen molar-refractivity contribution in [3.8, 4) is 0 Å². The van der Waals surface area contributed by atoms with Crippen LogP contribution in [0.1, 0.15) is 18.4 Å². The molecule has 8 heteroatoms. The van der Waals surface area contributed by atoms with Crippen LogP contribution in [-0.4, -0.2) is 59.5 Å². The number of anilines is 2. The van der Waals surface area contributed by atoms with Crippen LogP contribution < -0.4 is 10.6 Å². The molecule has 1 aliphatic rings. The highest BCUT2D eigenvalue weighted by Gasteiger charge is 2.20. The fourth-order valence-corrected chi connectivity index (χ4v) is 3.07. The van der Waals surface area contributed by atoms with Gasteiger partial charge in [0.15, 0.2) is 0 Å². The molecule has 8 nitrogen and oxygen atoms in total. The second kappa shape index (κ2) is 8.79. The van der Waals surface area contributed by atoms with E-state index >= 15 is 0 Å². The Hall–Kier alpha value is -2.71. The minimum Gasteiger partial charge on any atom is -0.361 e. The van der Waals surface area contributed by atoms with Gasteiger partial charge in [-0.05, 0) is 31.2 Å². The number of hydrogen-bond acceptors (Lipinski definition) is 6. The SMILES string of the molecule is CC(=O)Nc1ccc(NC(=O)CN2CCN(Cc3cc(C)on3)CC2)cc1. The predicted octanol–water partition coefficient (Wildman–Crippen LogP) is 1.70. The lowest BCUT2D eigenvalue weighted by molar-refractivity contribution is -0.117. The topological polar surface area (TPSA) is 90.7 Å². The van der Waals surface area contributed by atoms with Crippen LogP contribution in [0.5, 0.6) is 0 Å². The fourth-order valence-electron chi connectivity index (χ4n) is 3.07. The first kappa shape index (κ1) is 19.1. The first-order chi connectivity index (χ1) is 13.0. The Bertz CT molecular complexity index is 779. The number of carbonyl (C=O) groups excluding carboxylic acids is 2. The van der Waals surface area contributed by atoms with E-state index in [1.165, 1.54) is 6.92 Å². The number of amides is 2. The number of benzene rings is 1. The maximum Gasteiger partial charge on any atom is 0.238 e. The zero-order valence-corrected chi connectivity index (χ0v) is 15.7. The summed E-state index contributed by atoms with van der Waals surface area (Å²) in [7, 11) is 0. The summed E-state index contributed by atoms with van der Waals surface area (Å²) in [6.45, 7) is 7.96. The van der Waals surface area contributed by atoms with Gasteiger partial charge in [-0.3, -0.25) is 19.4 Å². The minimum absolute atomic E-state index is 0.0390. The first-order valence-electron chi connectivity index (χ1n) is 9.02. The van der Waals surface area contributed by atoms with E-state index in [-0.39, 0.29) is 11.8 Å². The molecule has 0 unspecified atom stereocenters. The average molecular weight is 371 g/mol. The molecule has 1 aromatic carbocycles. The molecule has 3 rings (SSSR count). The van der Waals surface area contributed by atoms with Gasteiger partial charge in [0.2, 0.25) is 11.8 Å². The Morgan fingerprint density at radius 1 is 1.04 bits per heavy atom. The van der Waals surface area contributed by atoms with Gasteiger partial charge < -0.3 is 15.2 Å². The van der Waals surface area contributed by atoms with Crippen LogP contribution in [0.15, 0.2) is 34.9 Å². The summed E-state index contributed by atoms with van der Waals surface area (Å²) in [6.07, 6.45) is 0. The van der Waals surface area contributed by atoms with Crippen LogP contribution in [0.2, 0.25) is 0 Å². The molecular weight excluding hydrogens is 346 g/mol. The quantitative estimate of drug-likeness (QED) is 0.803. The molecule has 1 saturated heterocycles. The van der Waals surface area contributed by atoms with Crippen molar-refractivity contribution in [2.45, 2.75) is 20.4 Å². The van der Waals surface area contributed by atoms with Crippen molar-refractivity contribution in [2.75, 3.05) is 43.4 Å². The van der Waals surface area contributed by atoms with E-state index in [9.17, 15) is 9.59 Å². The number of carbonyl (C=O) groups is 2. The third-order valence-electron chi connectivity index (χ3n) is 4.38. The third-order valence-corrected chi connectivity index (χ3v) is 4.38. The van der Waals surface area contributed by atoms with Crippen LogP contribution in [0, 0.1) is 6.92 Å². The molecule has 2 heterocycles. The molecule has 0 bridgehead atoms. The summed E-state index contributed by atoms with van der Waals surface area (Å²) in [5, 5.41) is 9.62. The Kier molecular flexibility index (Phi) is 6.20. The molecule has 0 spiro atoms. The summed E-state index contributed by atoms with van der Waals surface area (Å²) in [5.74, 6) is 0.665. The van der Waals surface area contributed by atoms with Crippen molar-refractivity contribution in [1.29, 1.82) is 0 Å². The maximum absolute atomic E-state index is 12.3. The van der Waals surface area contributed by atoms with Crippen molar-refractivity contribution >= 4 is 23.2 Å². The molecule has 0 atom stereocenters. The largest absolute Gasteiger partial charge is 0.361 e. The lowest BCUT2D eigenvalue weighted by Gasteiger charge is -2.33. The molecular formula is C19H25N5O3. The van der Waals surface area contributed by atoms with Crippen LogP contribution >= 0.6 is 0 Å². The second-order valence-corrected chi connectivity index (χ2v) is 6.79. The van der Waals surface area contributed by atoms with Crippen molar-refractivity contribution in [1.82, 2.24) is 15.0 Å². The number of hydrogen-bond donors (Lipinski definition) is 2. The molecule has 144 valence electrons. The van der Waals surface area contributed by atoms with E-state index in [4.69, 9.17) is 4.52 Å². The molecule has 0 saturated carbocycles. The highest BCUT2D eigenvalue weighted by molar-refractivity contribution is 5.93. The summed E-state index contributed by atoms with van der Waals surface area (Å²) < 4.78 is 5.10. The number of nitrogens with one attached hydrogen (secondary N) is 2. The second-order valence-electron chi connectivity index (χ2n) is 6.79. The van der Waals surface area contributed by atoms with E-state index in [0.717, 1.165) is 44.2 Å². The zero-order chi connectivity index (χ0) is 19.2. The van der Waals surface area contributed by atoms with Crippen molar-refractivity contribution in [3.63, 3.8) is 0 Å². The monoisotopic (exact) mass is 371 g/mol. The number of aromatic nitrogens is 1. The summed E-state index contributed by atoms with van der Waals surface area (Å²) >= 11 is 0. The predicted molar refractivity (Wildman–Crippen MR) is 102 cm³/mol. The molecule has 0 radical (unpaired) electrons. The molecule has 2 N–H and O–H groups in total. The minimum atomic E-state index is -0.121. The van der Waals surface area contributed by atoms with Gasteiger partial charge in [-0.15, -0.1) is 0 Å². The maximum atomic E-state index is 12.3. The fraction of sp³-hybridized carbons (Fsp3) is 0.421. The molecule has 2 amide bonds. The van der Waals surface area contributed by atoms with E-state index in [0.29, 0.717) is 17.9 Å². The van der Waals surface area contributed by atoms with Crippen LogP contribution in [0.4, 0.5) is 11.4 Å². The molecule has 1 aromatic heterocycles. The van der Waals surface area contributed by atoms with E-state index in [2.05, 4.69) is 25.6 Å². The van der Waals surface area contributed by atoms with Gasteiger partial charge in [0, 0.05) is 57.1 Å². The number of aryl methyl sites for hydroxylation is 1. The first-order valence-corrected chi connectivity index (χ1v) is 9.02. The van der Waals surface area contributed by atoms with Gasteiger partial charge in [-0.2, -0.15) is 0 Å². The highest BCUT2D eigenvalue weighted by atomic mass is 16.5.